The Morgan fingerprint density at radius 2 is 1.92 bits per heavy atom. The zero-order chi connectivity index (χ0) is 18.4. The number of hydrogen-bond donors (Lipinski definition) is 2. The van der Waals surface area contributed by atoms with Gasteiger partial charge in [0.1, 0.15) is 0 Å². The van der Waals surface area contributed by atoms with Gasteiger partial charge in [-0.05, 0) is 30.2 Å². The molecule has 1 aliphatic heterocycles. The number of aryl methyl sites for hydroxylation is 1. The van der Waals surface area contributed by atoms with Crippen LogP contribution in [0.4, 0.5) is 4.79 Å². The summed E-state index contributed by atoms with van der Waals surface area (Å²) in [5.74, 6) is 0. The molecule has 0 saturated heterocycles. The largest absolute Gasteiger partial charge is 0.390 e. The van der Waals surface area contributed by atoms with E-state index < -0.39 is 0 Å². The number of hydrogen-bond acceptors (Lipinski definition) is 4. The molecule has 0 spiro atoms. The minimum Gasteiger partial charge on any atom is -0.390 e. The molecule has 2 aromatic rings. The molecule has 3 rings (SSSR count). The van der Waals surface area contributed by atoms with E-state index in [1.54, 1.807) is 12.1 Å². The number of nitrogens with zero attached hydrogens (tertiary/aromatic N) is 2. The summed E-state index contributed by atoms with van der Waals surface area (Å²) in [6.07, 6.45) is 0.505. The summed E-state index contributed by atoms with van der Waals surface area (Å²) in [4.78, 5) is 17.3. The number of urea groups is 1. The molecule has 0 aromatic heterocycles. The highest BCUT2D eigenvalue weighted by atomic mass is 16.6. The first kappa shape index (κ1) is 17.5. The van der Waals surface area contributed by atoms with Crippen LogP contribution in [0.15, 0.2) is 53.7 Å². The van der Waals surface area contributed by atoms with Crippen LogP contribution in [-0.2, 0) is 11.4 Å². The normalized spacial score (nSPS) is 15.5. The van der Waals surface area contributed by atoms with E-state index in [4.69, 9.17) is 10.1 Å². The molecule has 1 heterocycles. The maximum atomic E-state index is 11.9. The molecule has 1 atom stereocenters. The van der Waals surface area contributed by atoms with Gasteiger partial charge in [-0.25, -0.2) is 4.79 Å². The topological polar surface area (TPSA) is 86.5 Å². The van der Waals surface area contributed by atoms with Crippen LogP contribution in [0.1, 0.15) is 28.7 Å². The Morgan fingerprint density at radius 3 is 2.62 bits per heavy atom. The van der Waals surface area contributed by atoms with Crippen LogP contribution < -0.4 is 10.6 Å². The average Bonchev–Trinajstić information content (AvgIpc) is 3.14. The molecule has 6 heteroatoms. The van der Waals surface area contributed by atoms with Crippen molar-refractivity contribution < 1.29 is 9.63 Å². The highest BCUT2D eigenvalue weighted by Crippen LogP contribution is 2.16. The molecule has 1 aliphatic rings. The van der Waals surface area contributed by atoms with Gasteiger partial charge in [0, 0.05) is 13.0 Å². The average molecular weight is 348 g/mol. The lowest BCUT2D eigenvalue weighted by Gasteiger charge is -2.11. The summed E-state index contributed by atoms with van der Waals surface area (Å²) in [5.41, 5.74) is 4.67. The lowest BCUT2D eigenvalue weighted by molar-refractivity contribution is 0.0865. The van der Waals surface area contributed by atoms with E-state index in [1.165, 1.54) is 5.56 Å². The first-order chi connectivity index (χ1) is 12.6. The van der Waals surface area contributed by atoms with Crippen LogP contribution >= 0.6 is 0 Å². The molecular weight excluding hydrogens is 328 g/mol. The minimum absolute atomic E-state index is 0.160. The zero-order valence-electron chi connectivity index (χ0n) is 14.5. The van der Waals surface area contributed by atoms with Gasteiger partial charge in [-0.2, -0.15) is 5.26 Å². The first-order valence-corrected chi connectivity index (χ1v) is 8.44. The Morgan fingerprint density at radius 1 is 1.19 bits per heavy atom. The summed E-state index contributed by atoms with van der Waals surface area (Å²) >= 11 is 0. The molecular formula is C20H20N4O2. The zero-order valence-corrected chi connectivity index (χ0v) is 14.5. The van der Waals surface area contributed by atoms with Gasteiger partial charge < -0.3 is 15.5 Å². The minimum atomic E-state index is -0.262. The van der Waals surface area contributed by atoms with Crippen LogP contribution in [0, 0.1) is 18.3 Å². The van der Waals surface area contributed by atoms with Crippen molar-refractivity contribution in [2.75, 3.05) is 6.54 Å². The van der Waals surface area contributed by atoms with Gasteiger partial charge in [-0.1, -0.05) is 47.1 Å². The van der Waals surface area contributed by atoms with Crippen molar-refractivity contribution in [1.29, 1.82) is 5.26 Å². The van der Waals surface area contributed by atoms with E-state index in [0.29, 0.717) is 25.1 Å². The van der Waals surface area contributed by atoms with Crippen LogP contribution in [-0.4, -0.2) is 24.4 Å². The maximum absolute atomic E-state index is 11.9. The third-order valence-corrected chi connectivity index (χ3v) is 4.14. The standard InChI is InChI=1S/C20H20N4O2/c1-14-2-8-17(9-3-14)19-10-18(26-24-19)13-23-20(25)22-12-16-6-4-15(11-21)5-7-16/h2-9,18H,10,12-13H2,1H3,(H2,22,23,25). The molecule has 2 aromatic carbocycles. The molecule has 2 N–H and O–H groups in total. The lowest BCUT2D eigenvalue weighted by Crippen LogP contribution is -2.39. The van der Waals surface area contributed by atoms with Gasteiger partial charge in [0.15, 0.2) is 6.10 Å². The molecule has 6 nitrogen and oxygen atoms in total. The molecule has 0 bridgehead atoms. The third-order valence-electron chi connectivity index (χ3n) is 4.14. The molecule has 0 aliphatic carbocycles. The fraction of sp³-hybridized carbons (Fsp3) is 0.250. The van der Waals surface area contributed by atoms with Gasteiger partial charge in [0.25, 0.3) is 0 Å². The van der Waals surface area contributed by atoms with Crippen molar-refractivity contribution in [1.82, 2.24) is 10.6 Å². The summed E-state index contributed by atoms with van der Waals surface area (Å²) in [6, 6.07) is 17.0. The molecule has 0 radical (unpaired) electrons. The summed E-state index contributed by atoms with van der Waals surface area (Å²) in [5, 5.41) is 18.5. The van der Waals surface area contributed by atoms with E-state index in [-0.39, 0.29) is 12.1 Å². The van der Waals surface area contributed by atoms with Gasteiger partial charge in [0.2, 0.25) is 0 Å². The van der Waals surface area contributed by atoms with Gasteiger partial charge >= 0.3 is 6.03 Å². The maximum Gasteiger partial charge on any atom is 0.315 e. The van der Waals surface area contributed by atoms with Crippen LogP contribution in [0.3, 0.4) is 0 Å². The number of amides is 2. The van der Waals surface area contributed by atoms with E-state index >= 15 is 0 Å². The number of carbonyl (C=O) groups excluding carboxylic acids is 1. The summed E-state index contributed by atoms with van der Waals surface area (Å²) in [7, 11) is 0. The van der Waals surface area contributed by atoms with Gasteiger partial charge in [-0.15, -0.1) is 0 Å². The summed E-state index contributed by atoms with van der Waals surface area (Å²) < 4.78 is 0. The highest BCUT2D eigenvalue weighted by Gasteiger charge is 2.22. The Labute approximate surface area is 152 Å². The number of carbonyl (C=O) groups is 1. The van der Waals surface area contributed by atoms with Crippen LogP contribution in [0.2, 0.25) is 0 Å². The Kier molecular flexibility index (Phi) is 5.49. The fourth-order valence-corrected chi connectivity index (χ4v) is 2.60. The van der Waals surface area contributed by atoms with Crippen molar-refractivity contribution in [2.45, 2.75) is 26.0 Å². The van der Waals surface area contributed by atoms with E-state index in [1.807, 2.05) is 43.3 Å². The molecule has 2 amide bonds. The van der Waals surface area contributed by atoms with Crippen LogP contribution in [0.25, 0.3) is 0 Å². The monoisotopic (exact) mass is 348 g/mol. The predicted octanol–water partition coefficient (Wildman–Crippen LogP) is 2.86. The Bertz CT molecular complexity index is 836. The number of benzene rings is 2. The number of nitrogens with one attached hydrogen (secondary N) is 2. The quantitative estimate of drug-likeness (QED) is 0.871. The first-order valence-electron chi connectivity index (χ1n) is 8.44. The van der Waals surface area contributed by atoms with E-state index in [9.17, 15) is 4.79 Å². The highest BCUT2D eigenvalue weighted by molar-refractivity contribution is 6.01. The van der Waals surface area contributed by atoms with Crippen molar-refractivity contribution in [2.24, 2.45) is 5.16 Å². The second-order valence-corrected chi connectivity index (χ2v) is 6.21. The van der Waals surface area contributed by atoms with Crippen molar-refractivity contribution in [3.05, 3.63) is 70.8 Å². The van der Waals surface area contributed by atoms with E-state index in [0.717, 1.165) is 16.8 Å². The molecule has 0 saturated carbocycles. The van der Waals surface area contributed by atoms with Crippen LogP contribution in [0.5, 0.6) is 0 Å². The number of oxime groups is 1. The summed E-state index contributed by atoms with van der Waals surface area (Å²) in [6.45, 7) is 2.83. The second kappa shape index (κ2) is 8.17. The third kappa shape index (κ3) is 4.61. The molecule has 0 fully saturated rings. The van der Waals surface area contributed by atoms with Crippen molar-refractivity contribution in [3.8, 4) is 6.07 Å². The smallest absolute Gasteiger partial charge is 0.315 e. The second-order valence-electron chi connectivity index (χ2n) is 6.21. The van der Waals surface area contributed by atoms with E-state index in [2.05, 4.69) is 21.9 Å². The lowest BCUT2D eigenvalue weighted by atomic mass is 10.0. The fourth-order valence-electron chi connectivity index (χ4n) is 2.60. The molecule has 1 unspecified atom stereocenters. The molecule has 132 valence electrons. The van der Waals surface area contributed by atoms with Crippen molar-refractivity contribution >= 4 is 11.7 Å². The van der Waals surface area contributed by atoms with Gasteiger partial charge in [-0.3, -0.25) is 0 Å². The molecule has 26 heavy (non-hydrogen) atoms. The van der Waals surface area contributed by atoms with Crippen molar-refractivity contribution in [3.63, 3.8) is 0 Å². The SMILES string of the molecule is Cc1ccc(C2=NOC(CNC(=O)NCc3ccc(C#N)cc3)C2)cc1. The number of rotatable bonds is 5. The predicted molar refractivity (Wildman–Crippen MR) is 98.6 cm³/mol. The van der Waals surface area contributed by atoms with Gasteiger partial charge in [0.05, 0.1) is 23.9 Å². The Hall–Kier alpha value is -3.33. The Balaban J connectivity index is 1.40. The number of nitriles is 1.